The van der Waals surface area contributed by atoms with Gasteiger partial charge in [-0.3, -0.25) is 0 Å². The highest BCUT2D eigenvalue weighted by molar-refractivity contribution is 5.83. The van der Waals surface area contributed by atoms with Gasteiger partial charge in [-0.1, -0.05) is 36.3 Å². The van der Waals surface area contributed by atoms with Gasteiger partial charge in [0, 0.05) is 11.3 Å². The fourth-order valence-corrected chi connectivity index (χ4v) is 7.37. The molecule has 6 rings (SSSR count). The molecule has 1 saturated carbocycles. The van der Waals surface area contributed by atoms with Crippen LogP contribution in [0.25, 0.3) is 16.6 Å². The van der Waals surface area contributed by atoms with E-state index in [9.17, 15) is 10.2 Å². The van der Waals surface area contributed by atoms with E-state index < -0.39 is 5.60 Å². The number of nitrogens with one attached hydrogen (secondary N) is 2. The van der Waals surface area contributed by atoms with Crippen molar-refractivity contribution in [3.05, 3.63) is 59.0 Å². The van der Waals surface area contributed by atoms with Gasteiger partial charge in [0.15, 0.2) is 0 Å². The smallest absolute Gasteiger partial charge is 0.0935 e. The molecule has 1 heterocycles. The summed E-state index contributed by atoms with van der Waals surface area (Å²) in [4.78, 5) is 7.61. The number of rotatable bonds is 1. The first-order chi connectivity index (χ1) is 16.3. The van der Waals surface area contributed by atoms with E-state index in [2.05, 4.69) is 59.5 Å². The molecule has 5 atom stereocenters. The summed E-state index contributed by atoms with van der Waals surface area (Å²) in [5.74, 6) is 0.703. The van der Waals surface area contributed by atoms with E-state index in [1.807, 2.05) is 14.1 Å². The van der Waals surface area contributed by atoms with Crippen molar-refractivity contribution < 1.29 is 10.2 Å². The molecule has 4 unspecified atom stereocenters. The lowest BCUT2D eigenvalue weighted by atomic mass is 9.56. The van der Waals surface area contributed by atoms with E-state index >= 15 is 0 Å². The zero-order valence-electron chi connectivity index (χ0n) is 21.0. The summed E-state index contributed by atoms with van der Waals surface area (Å²) >= 11 is 0. The molecule has 1 aromatic carbocycles. The number of hydrogen-bond acceptors (Lipinski definition) is 4. The van der Waals surface area contributed by atoms with Crippen molar-refractivity contribution in [2.45, 2.75) is 70.5 Å². The topological polar surface area (TPSA) is 81.2 Å². The largest absolute Gasteiger partial charge is 0.393 e. The standard InChI is InChI=1S/C27H32N2O2.C2H7N/c1-16-14-26(2)21(18-4-7-23-24(13-18)29-15-28-23)6-8-25(26)27(31)10-9-17-3-5-20(30)11-19(17)12-22(16)27;1-3-2/h4,6-7,12-13,15,17,20,25,30-31H,3,5,8-11,14H2,1-2H3,(H,28,29);3H,1-2H3/t17?,20?,25?,26?,27-;/m1./s1. The number of aromatic amines is 1. The third-order valence-corrected chi connectivity index (χ3v) is 8.86. The lowest BCUT2D eigenvalue weighted by Crippen LogP contribution is -2.49. The van der Waals surface area contributed by atoms with Crippen LogP contribution in [0.3, 0.4) is 0 Å². The van der Waals surface area contributed by atoms with Gasteiger partial charge in [0.2, 0.25) is 0 Å². The van der Waals surface area contributed by atoms with E-state index in [4.69, 9.17) is 0 Å². The maximum atomic E-state index is 12.3. The van der Waals surface area contributed by atoms with Crippen LogP contribution in [0.5, 0.6) is 0 Å². The minimum Gasteiger partial charge on any atom is -0.393 e. The van der Waals surface area contributed by atoms with Crippen molar-refractivity contribution in [1.29, 1.82) is 0 Å². The minimum atomic E-state index is -0.789. The summed E-state index contributed by atoms with van der Waals surface area (Å²) in [5, 5.41) is 25.3. The van der Waals surface area contributed by atoms with Crippen molar-refractivity contribution in [2.75, 3.05) is 14.1 Å². The lowest BCUT2D eigenvalue weighted by Gasteiger charge is -2.50. The zero-order chi connectivity index (χ0) is 24.1. The number of fused-ring (bicyclic) bond motifs is 5. The van der Waals surface area contributed by atoms with Crippen LogP contribution in [0.1, 0.15) is 64.4 Å². The lowest BCUT2D eigenvalue weighted by molar-refractivity contribution is -0.0354. The number of H-pyrrole nitrogens is 1. The van der Waals surface area contributed by atoms with Gasteiger partial charge < -0.3 is 20.5 Å². The molecule has 0 saturated heterocycles. The number of hydrogen-bond donors (Lipinski definition) is 4. The first kappa shape index (κ1) is 23.5. The van der Waals surface area contributed by atoms with E-state index in [0.717, 1.165) is 61.6 Å². The molecule has 4 N–H and O–H groups in total. The van der Waals surface area contributed by atoms with Crippen LogP contribution in [0.15, 0.2) is 53.4 Å². The van der Waals surface area contributed by atoms with Gasteiger partial charge in [-0.25, -0.2) is 4.98 Å². The fourth-order valence-electron chi connectivity index (χ4n) is 7.37. The molecule has 0 aliphatic heterocycles. The first-order valence-electron chi connectivity index (χ1n) is 12.8. The number of allylic oxidation sites excluding steroid dienone is 3. The van der Waals surface area contributed by atoms with Crippen LogP contribution in [0.4, 0.5) is 0 Å². The molecule has 4 aliphatic carbocycles. The van der Waals surface area contributed by atoms with Crippen LogP contribution in [0.2, 0.25) is 0 Å². The van der Waals surface area contributed by atoms with Crippen LogP contribution in [0, 0.1) is 17.3 Å². The Morgan fingerprint density at radius 2 is 1.97 bits per heavy atom. The Labute approximate surface area is 203 Å². The highest BCUT2D eigenvalue weighted by Gasteiger charge is 2.57. The van der Waals surface area contributed by atoms with Crippen molar-refractivity contribution in [1.82, 2.24) is 15.3 Å². The molecule has 0 spiro atoms. The van der Waals surface area contributed by atoms with Gasteiger partial charge in [0.05, 0.1) is 29.1 Å². The van der Waals surface area contributed by atoms with Gasteiger partial charge in [0.1, 0.15) is 0 Å². The molecule has 2 aromatic rings. The van der Waals surface area contributed by atoms with Gasteiger partial charge in [0.25, 0.3) is 0 Å². The monoisotopic (exact) mass is 461 g/mol. The quantitative estimate of drug-likeness (QED) is 0.474. The summed E-state index contributed by atoms with van der Waals surface area (Å²) in [5.41, 5.74) is 7.62. The Morgan fingerprint density at radius 1 is 1.18 bits per heavy atom. The van der Waals surface area contributed by atoms with Crippen LogP contribution >= 0.6 is 0 Å². The number of imidazole rings is 1. The highest BCUT2D eigenvalue weighted by Crippen LogP contribution is 2.62. The normalized spacial score (nSPS) is 34.8. The molecule has 5 nitrogen and oxygen atoms in total. The average molecular weight is 462 g/mol. The molecule has 4 aliphatic rings. The van der Waals surface area contributed by atoms with Crippen molar-refractivity contribution in [3.8, 4) is 0 Å². The van der Waals surface area contributed by atoms with Crippen LogP contribution in [-0.2, 0) is 0 Å². The molecule has 0 amide bonds. The maximum absolute atomic E-state index is 12.3. The average Bonchev–Trinajstić information content (AvgIpc) is 3.36. The van der Waals surface area contributed by atoms with E-state index in [1.54, 1.807) is 6.33 Å². The Bertz CT molecular complexity index is 1180. The first-order valence-corrected chi connectivity index (χ1v) is 12.8. The Morgan fingerprint density at radius 3 is 2.76 bits per heavy atom. The summed E-state index contributed by atoms with van der Waals surface area (Å²) in [7, 11) is 3.75. The summed E-state index contributed by atoms with van der Waals surface area (Å²) in [6.07, 6.45) is 12.6. The SMILES string of the molecule is CC1=C2C=C3CC(O)CCC3CC[C@]2(O)C2CC=C(c3ccc4nc[nH]c4c3)C2(C)C1.CNC. The number of benzene rings is 1. The Hall–Kier alpha value is -2.21. The predicted octanol–water partition coefficient (Wildman–Crippen LogP) is 5.14. The van der Waals surface area contributed by atoms with Crippen LogP contribution in [-0.4, -0.2) is 46.0 Å². The third kappa shape index (κ3) is 3.69. The second-order valence-corrected chi connectivity index (χ2v) is 11.1. The molecule has 1 fully saturated rings. The van der Waals surface area contributed by atoms with E-state index in [1.165, 1.54) is 22.3 Å². The second kappa shape index (κ2) is 8.78. The molecule has 1 aromatic heterocycles. The second-order valence-electron chi connectivity index (χ2n) is 11.1. The molecular formula is C29H39N3O2. The fraction of sp³-hybridized carbons (Fsp3) is 0.552. The number of aliphatic hydroxyl groups is 2. The molecule has 5 heteroatoms. The van der Waals surface area contributed by atoms with Gasteiger partial charge >= 0.3 is 0 Å². The summed E-state index contributed by atoms with van der Waals surface area (Å²) < 4.78 is 0. The van der Waals surface area contributed by atoms with Gasteiger partial charge in [-0.05, 0) is 101 Å². The number of aliphatic hydroxyl groups excluding tert-OH is 1. The number of nitrogens with zero attached hydrogens (tertiary/aromatic N) is 1. The van der Waals surface area contributed by atoms with Gasteiger partial charge in [-0.2, -0.15) is 0 Å². The third-order valence-electron chi connectivity index (χ3n) is 8.86. The molecule has 34 heavy (non-hydrogen) atoms. The van der Waals surface area contributed by atoms with Crippen molar-refractivity contribution in [3.63, 3.8) is 0 Å². The summed E-state index contributed by atoms with van der Waals surface area (Å²) in [6.45, 7) is 4.58. The molecule has 0 bridgehead atoms. The van der Waals surface area contributed by atoms with Gasteiger partial charge in [-0.15, -0.1) is 0 Å². The molecule has 182 valence electrons. The van der Waals surface area contributed by atoms with Crippen molar-refractivity contribution >= 4 is 16.6 Å². The zero-order valence-corrected chi connectivity index (χ0v) is 21.0. The number of aromatic nitrogens is 2. The van der Waals surface area contributed by atoms with E-state index in [-0.39, 0.29) is 17.4 Å². The molecular weight excluding hydrogens is 422 g/mol. The summed E-state index contributed by atoms with van der Waals surface area (Å²) in [6, 6.07) is 6.49. The predicted molar refractivity (Wildman–Crippen MR) is 138 cm³/mol. The van der Waals surface area contributed by atoms with E-state index in [0.29, 0.717) is 5.92 Å². The van der Waals surface area contributed by atoms with Crippen LogP contribution < -0.4 is 5.32 Å². The Kier molecular flexibility index (Phi) is 6.07. The maximum Gasteiger partial charge on any atom is 0.0935 e. The molecule has 0 radical (unpaired) electrons. The van der Waals surface area contributed by atoms with Crippen molar-refractivity contribution in [2.24, 2.45) is 17.3 Å². The Balaban J connectivity index is 0.000000764. The highest BCUT2D eigenvalue weighted by atomic mass is 16.3. The minimum absolute atomic E-state index is 0.0798.